The zero-order chi connectivity index (χ0) is 18.1. The van der Waals surface area contributed by atoms with Gasteiger partial charge >= 0.3 is 13.8 Å². The molecule has 3 N–H and O–H groups in total. The first-order valence-electron chi connectivity index (χ1n) is 8.48. The van der Waals surface area contributed by atoms with Gasteiger partial charge in [-0.15, -0.1) is 0 Å². The maximum Gasteiger partial charge on any atom is 0.469 e. The number of hydrogen-bond acceptors (Lipinski definition) is 4. The van der Waals surface area contributed by atoms with Crippen LogP contribution >= 0.6 is 7.82 Å². The van der Waals surface area contributed by atoms with Gasteiger partial charge in [-0.3, -0.25) is 9.32 Å². The second-order valence-electron chi connectivity index (χ2n) is 6.88. The molecule has 7 nitrogen and oxygen atoms in total. The lowest BCUT2D eigenvalue weighted by molar-refractivity contribution is -0.143. The van der Waals surface area contributed by atoms with Gasteiger partial charge in [0.1, 0.15) is 12.4 Å². The number of carbonyl (C=O) groups is 1. The van der Waals surface area contributed by atoms with E-state index in [1.165, 1.54) is 11.1 Å². The van der Waals surface area contributed by atoms with E-state index in [0.717, 1.165) is 25.7 Å². The molecule has 25 heavy (non-hydrogen) atoms. The van der Waals surface area contributed by atoms with Crippen molar-refractivity contribution in [1.29, 1.82) is 0 Å². The minimum Gasteiger partial charge on any atom is -0.491 e. The number of carboxylic acid groups (broad SMARTS) is 1. The second-order valence-corrected chi connectivity index (χ2v) is 8.12. The monoisotopic (exact) mass is 370 g/mol. The summed E-state index contributed by atoms with van der Waals surface area (Å²) in [5.41, 5.74) is 2.57. The normalized spacial score (nSPS) is 25.8. The number of phosphoric acid groups is 1. The third kappa shape index (κ3) is 4.23. The van der Waals surface area contributed by atoms with Crippen molar-refractivity contribution in [2.75, 3.05) is 13.2 Å². The lowest BCUT2D eigenvalue weighted by Gasteiger charge is -2.37. The van der Waals surface area contributed by atoms with Crippen LogP contribution in [0.3, 0.4) is 0 Å². The first-order valence-corrected chi connectivity index (χ1v) is 10.0. The molecule has 0 saturated heterocycles. The van der Waals surface area contributed by atoms with Gasteiger partial charge in [-0.05, 0) is 67.2 Å². The molecule has 8 heteroatoms. The zero-order valence-corrected chi connectivity index (χ0v) is 14.8. The van der Waals surface area contributed by atoms with E-state index in [9.17, 15) is 14.5 Å². The van der Waals surface area contributed by atoms with E-state index in [2.05, 4.69) is 4.52 Å². The molecular weight excluding hydrogens is 347 g/mol. The number of rotatable bonds is 6. The smallest absolute Gasteiger partial charge is 0.469 e. The van der Waals surface area contributed by atoms with Crippen molar-refractivity contribution < 1.29 is 33.5 Å². The molecule has 1 aromatic rings. The number of ether oxygens (including phenoxy) is 1. The van der Waals surface area contributed by atoms with Crippen LogP contribution < -0.4 is 4.74 Å². The zero-order valence-electron chi connectivity index (χ0n) is 13.9. The average Bonchev–Trinajstić information content (AvgIpc) is 2.89. The summed E-state index contributed by atoms with van der Waals surface area (Å²) >= 11 is 0. The Morgan fingerprint density at radius 1 is 1.20 bits per heavy atom. The second kappa shape index (κ2) is 7.08. The number of carboxylic acids is 1. The molecule has 3 rings (SSSR count). The third-order valence-corrected chi connectivity index (χ3v) is 5.95. The Kier molecular flexibility index (Phi) is 5.21. The largest absolute Gasteiger partial charge is 0.491 e. The van der Waals surface area contributed by atoms with E-state index in [1.807, 2.05) is 18.2 Å². The molecule has 138 valence electrons. The highest BCUT2D eigenvalue weighted by atomic mass is 31.2. The van der Waals surface area contributed by atoms with E-state index in [1.54, 1.807) is 0 Å². The van der Waals surface area contributed by atoms with Crippen molar-refractivity contribution in [3.05, 3.63) is 29.3 Å². The summed E-state index contributed by atoms with van der Waals surface area (Å²) < 4.78 is 20.6. The Balaban J connectivity index is 1.65. The lowest BCUT2D eigenvalue weighted by atomic mass is 9.67. The summed E-state index contributed by atoms with van der Waals surface area (Å²) in [6, 6.07) is 5.89. The number of phosphoric ester groups is 1. The van der Waals surface area contributed by atoms with Crippen LogP contribution in [0.4, 0.5) is 0 Å². The minimum atomic E-state index is -4.47. The SMILES string of the molecule is O=C(O)C1CCC2(CCc3ccc(OCCOP(=O)(O)O)cc32)CC1. The van der Waals surface area contributed by atoms with Gasteiger partial charge in [0, 0.05) is 0 Å². The average molecular weight is 370 g/mol. The van der Waals surface area contributed by atoms with Gasteiger partial charge in [-0.25, -0.2) is 4.57 Å². The van der Waals surface area contributed by atoms with Gasteiger partial charge in [0.15, 0.2) is 0 Å². The van der Waals surface area contributed by atoms with Gasteiger partial charge in [-0.2, -0.15) is 0 Å². The van der Waals surface area contributed by atoms with E-state index in [4.69, 9.17) is 14.5 Å². The number of aliphatic carboxylic acids is 1. The van der Waals surface area contributed by atoms with Crippen LogP contribution in [0.2, 0.25) is 0 Å². The molecule has 0 amide bonds. The Bertz CT molecular complexity index is 688. The molecule has 1 aromatic carbocycles. The maximum absolute atomic E-state index is 11.2. The molecule has 1 fully saturated rings. The molecule has 2 aliphatic rings. The predicted molar refractivity (Wildman–Crippen MR) is 89.5 cm³/mol. The topological polar surface area (TPSA) is 113 Å². The van der Waals surface area contributed by atoms with Crippen LogP contribution in [-0.4, -0.2) is 34.1 Å². The molecule has 0 heterocycles. The third-order valence-electron chi connectivity index (χ3n) is 5.43. The lowest BCUT2D eigenvalue weighted by Crippen LogP contribution is -2.32. The Morgan fingerprint density at radius 3 is 2.56 bits per heavy atom. The van der Waals surface area contributed by atoms with Crippen molar-refractivity contribution in [1.82, 2.24) is 0 Å². The van der Waals surface area contributed by atoms with Gasteiger partial charge in [-0.1, -0.05) is 6.07 Å². The molecule has 0 aromatic heterocycles. The van der Waals surface area contributed by atoms with Gasteiger partial charge < -0.3 is 19.6 Å². The van der Waals surface area contributed by atoms with Gasteiger partial charge in [0.05, 0.1) is 12.5 Å². The highest BCUT2D eigenvalue weighted by Crippen LogP contribution is 2.50. The summed E-state index contributed by atoms with van der Waals surface area (Å²) in [6.45, 7) is -0.134. The molecule has 2 aliphatic carbocycles. The van der Waals surface area contributed by atoms with E-state index in [0.29, 0.717) is 18.6 Å². The molecule has 0 aliphatic heterocycles. The summed E-state index contributed by atoms with van der Waals surface area (Å²) in [5.74, 6) is -0.288. The highest BCUT2D eigenvalue weighted by Gasteiger charge is 2.42. The molecule has 1 saturated carbocycles. The van der Waals surface area contributed by atoms with E-state index >= 15 is 0 Å². The van der Waals surface area contributed by atoms with Crippen molar-refractivity contribution >= 4 is 13.8 Å². The maximum atomic E-state index is 11.2. The number of benzene rings is 1. The van der Waals surface area contributed by atoms with Gasteiger partial charge in [0.25, 0.3) is 0 Å². The van der Waals surface area contributed by atoms with Crippen LogP contribution in [0.15, 0.2) is 18.2 Å². The number of aryl methyl sites for hydroxylation is 1. The quantitative estimate of drug-likeness (QED) is 0.521. The fraction of sp³-hybridized carbons (Fsp3) is 0.588. The highest BCUT2D eigenvalue weighted by molar-refractivity contribution is 7.46. The molecule has 0 radical (unpaired) electrons. The Hall–Kier alpha value is -1.40. The van der Waals surface area contributed by atoms with Gasteiger partial charge in [0.2, 0.25) is 0 Å². The van der Waals surface area contributed by atoms with E-state index in [-0.39, 0.29) is 24.5 Å². The van der Waals surface area contributed by atoms with Crippen molar-refractivity contribution in [3.8, 4) is 5.75 Å². The van der Waals surface area contributed by atoms with Crippen molar-refractivity contribution in [3.63, 3.8) is 0 Å². The minimum absolute atomic E-state index is 0.0447. The number of hydrogen-bond donors (Lipinski definition) is 3. The molecular formula is C17H23O7P. The first-order chi connectivity index (χ1) is 11.8. The Labute approximate surface area is 146 Å². The summed E-state index contributed by atoms with van der Waals surface area (Å²) in [7, 11) is -4.47. The molecule has 0 unspecified atom stereocenters. The number of fused-ring (bicyclic) bond motifs is 2. The van der Waals surface area contributed by atoms with Crippen LogP contribution in [-0.2, 0) is 25.7 Å². The predicted octanol–water partition coefficient (Wildman–Crippen LogP) is 2.63. The fourth-order valence-corrected chi connectivity index (χ4v) is 4.43. The summed E-state index contributed by atoms with van der Waals surface area (Å²) in [6.07, 6.45) is 5.20. The van der Waals surface area contributed by atoms with Crippen LogP contribution in [0, 0.1) is 5.92 Å². The molecule has 1 spiro atoms. The summed E-state index contributed by atoms with van der Waals surface area (Å²) in [5, 5.41) is 9.20. The molecule has 0 bridgehead atoms. The summed E-state index contributed by atoms with van der Waals surface area (Å²) in [4.78, 5) is 28.5. The standard InChI is InChI=1S/C17H23O7P/c18-16(19)13-4-7-17(8-5-13)6-3-12-1-2-14(11-15(12)17)23-9-10-24-25(20,21)22/h1-2,11,13H,3-10H2,(H,18,19)(H2,20,21,22). The van der Waals surface area contributed by atoms with Crippen molar-refractivity contribution in [2.45, 2.75) is 43.9 Å². The van der Waals surface area contributed by atoms with E-state index < -0.39 is 13.8 Å². The van der Waals surface area contributed by atoms with Crippen LogP contribution in [0.5, 0.6) is 5.75 Å². The first kappa shape index (κ1) is 18.4. The molecule has 0 atom stereocenters. The fourth-order valence-electron chi connectivity index (χ4n) is 4.12. The Morgan fingerprint density at radius 2 is 1.92 bits per heavy atom. The van der Waals surface area contributed by atoms with Crippen molar-refractivity contribution in [2.24, 2.45) is 5.92 Å². The van der Waals surface area contributed by atoms with Crippen LogP contribution in [0.1, 0.15) is 43.2 Å². The van der Waals surface area contributed by atoms with Crippen LogP contribution in [0.25, 0.3) is 0 Å².